The summed E-state index contributed by atoms with van der Waals surface area (Å²) in [7, 11) is 0. The molecule has 17 heavy (non-hydrogen) atoms. The topological polar surface area (TPSA) is 50.4 Å². The molecule has 3 atom stereocenters. The molecule has 2 aliphatic heterocycles. The Hall–Kier alpha value is -0.260. The van der Waals surface area contributed by atoms with Gasteiger partial charge in [-0.3, -0.25) is 4.79 Å². The van der Waals surface area contributed by atoms with E-state index in [0.717, 1.165) is 18.7 Å². The summed E-state index contributed by atoms with van der Waals surface area (Å²) in [5, 5.41) is 6.49. The van der Waals surface area contributed by atoms with Gasteiger partial charge >= 0.3 is 0 Å². The quantitative estimate of drug-likeness (QED) is 0.776. The first-order valence-electron chi connectivity index (χ1n) is 6.50. The Labute approximate surface area is 107 Å². The summed E-state index contributed by atoms with van der Waals surface area (Å²) in [6, 6.07) is 0.556. The molecule has 0 saturated carbocycles. The van der Waals surface area contributed by atoms with Gasteiger partial charge in [-0.05, 0) is 25.1 Å². The molecule has 2 saturated heterocycles. The first-order chi connectivity index (χ1) is 8.31. The smallest absolute Gasteiger partial charge is 0.227 e. The van der Waals surface area contributed by atoms with Gasteiger partial charge in [0.15, 0.2) is 0 Å². The van der Waals surface area contributed by atoms with Crippen LogP contribution in [0.3, 0.4) is 0 Å². The molecule has 0 radical (unpaired) electrons. The third-order valence-corrected chi connectivity index (χ3v) is 4.61. The Kier molecular flexibility index (Phi) is 5.13. The van der Waals surface area contributed by atoms with E-state index < -0.39 is 0 Å². The first-order valence-corrected chi connectivity index (χ1v) is 7.66. The van der Waals surface area contributed by atoms with Crippen molar-refractivity contribution in [1.29, 1.82) is 0 Å². The number of amides is 1. The Morgan fingerprint density at radius 2 is 2.35 bits per heavy atom. The lowest BCUT2D eigenvalue weighted by molar-refractivity contribution is -0.126. The van der Waals surface area contributed by atoms with Gasteiger partial charge in [0.2, 0.25) is 5.91 Å². The third-order valence-electron chi connectivity index (χ3n) is 3.39. The first kappa shape index (κ1) is 13.2. The van der Waals surface area contributed by atoms with E-state index in [9.17, 15) is 4.79 Å². The van der Waals surface area contributed by atoms with Crippen LogP contribution in [0.1, 0.15) is 19.8 Å². The van der Waals surface area contributed by atoms with Gasteiger partial charge in [-0.2, -0.15) is 11.8 Å². The largest absolute Gasteiger partial charge is 0.379 e. The zero-order chi connectivity index (χ0) is 12.1. The van der Waals surface area contributed by atoms with Crippen LogP contribution in [0.15, 0.2) is 0 Å². The number of ether oxygens (including phenoxy) is 1. The SMILES string of the molecule is CCNC1COCC1C(=O)NC1CCCSC1. The molecule has 0 aromatic heterocycles. The second-order valence-electron chi connectivity index (χ2n) is 4.73. The van der Waals surface area contributed by atoms with E-state index in [2.05, 4.69) is 17.6 Å². The number of rotatable bonds is 4. The number of hydrogen-bond donors (Lipinski definition) is 2. The number of likely N-dealkylation sites (N-methyl/N-ethyl adjacent to an activating group) is 1. The van der Waals surface area contributed by atoms with Crippen molar-refractivity contribution in [3.05, 3.63) is 0 Å². The van der Waals surface area contributed by atoms with E-state index in [1.165, 1.54) is 12.2 Å². The summed E-state index contributed by atoms with van der Waals surface area (Å²) in [5.74, 6) is 2.45. The fourth-order valence-electron chi connectivity index (χ4n) is 2.44. The second-order valence-corrected chi connectivity index (χ2v) is 5.88. The molecule has 5 heteroatoms. The normalized spacial score (nSPS) is 33.6. The molecule has 0 aromatic carbocycles. The average molecular weight is 258 g/mol. The molecule has 4 nitrogen and oxygen atoms in total. The molecule has 3 unspecified atom stereocenters. The van der Waals surface area contributed by atoms with Crippen molar-refractivity contribution in [3.8, 4) is 0 Å². The van der Waals surface area contributed by atoms with Gasteiger partial charge in [0.05, 0.1) is 19.1 Å². The molecule has 2 heterocycles. The second kappa shape index (κ2) is 6.61. The van der Waals surface area contributed by atoms with Crippen LogP contribution in [0.5, 0.6) is 0 Å². The molecule has 1 amide bonds. The van der Waals surface area contributed by atoms with E-state index >= 15 is 0 Å². The minimum absolute atomic E-state index is 0.0122. The molecule has 0 aliphatic carbocycles. The highest BCUT2D eigenvalue weighted by atomic mass is 32.2. The highest BCUT2D eigenvalue weighted by Crippen LogP contribution is 2.19. The minimum Gasteiger partial charge on any atom is -0.379 e. The van der Waals surface area contributed by atoms with Crippen LogP contribution in [0, 0.1) is 5.92 Å². The Bertz CT molecular complexity index is 257. The highest BCUT2D eigenvalue weighted by molar-refractivity contribution is 7.99. The van der Waals surface area contributed by atoms with Crippen molar-refractivity contribution < 1.29 is 9.53 Å². The van der Waals surface area contributed by atoms with Crippen molar-refractivity contribution in [2.45, 2.75) is 31.8 Å². The summed E-state index contributed by atoms with van der Waals surface area (Å²) in [6.07, 6.45) is 2.34. The van der Waals surface area contributed by atoms with Gasteiger partial charge in [0.1, 0.15) is 0 Å². The fourth-order valence-corrected chi connectivity index (χ4v) is 3.51. The fraction of sp³-hybridized carbons (Fsp3) is 0.917. The van der Waals surface area contributed by atoms with E-state index in [1.807, 2.05) is 11.8 Å². The lowest BCUT2D eigenvalue weighted by Gasteiger charge is -2.25. The van der Waals surface area contributed by atoms with Crippen LogP contribution in [0.25, 0.3) is 0 Å². The predicted octanol–water partition coefficient (Wildman–Crippen LogP) is 0.623. The van der Waals surface area contributed by atoms with E-state index in [1.54, 1.807) is 0 Å². The number of thioether (sulfide) groups is 1. The molecule has 2 fully saturated rings. The predicted molar refractivity (Wildman–Crippen MR) is 70.3 cm³/mol. The number of carbonyl (C=O) groups excluding carboxylic acids is 1. The summed E-state index contributed by atoms with van der Waals surface area (Å²) < 4.78 is 5.40. The van der Waals surface area contributed by atoms with Gasteiger partial charge in [0, 0.05) is 17.8 Å². The molecular weight excluding hydrogens is 236 g/mol. The highest BCUT2D eigenvalue weighted by Gasteiger charge is 2.34. The number of nitrogens with one attached hydrogen (secondary N) is 2. The van der Waals surface area contributed by atoms with E-state index in [-0.39, 0.29) is 17.9 Å². The summed E-state index contributed by atoms with van der Waals surface area (Å²) >= 11 is 1.94. The molecule has 0 aromatic rings. The molecule has 0 spiro atoms. The summed E-state index contributed by atoms with van der Waals surface area (Å²) in [6.45, 7) is 4.16. The minimum atomic E-state index is -0.0122. The Morgan fingerprint density at radius 1 is 1.47 bits per heavy atom. The molecular formula is C12H22N2O2S. The summed E-state index contributed by atoms with van der Waals surface area (Å²) in [5.41, 5.74) is 0. The van der Waals surface area contributed by atoms with Crippen LogP contribution >= 0.6 is 11.8 Å². The van der Waals surface area contributed by atoms with Crippen molar-refractivity contribution >= 4 is 17.7 Å². The lowest BCUT2D eigenvalue weighted by Crippen LogP contribution is -2.48. The maximum atomic E-state index is 12.2. The van der Waals surface area contributed by atoms with Gasteiger partial charge in [-0.15, -0.1) is 0 Å². The lowest BCUT2D eigenvalue weighted by atomic mass is 10.0. The molecule has 0 bridgehead atoms. The van der Waals surface area contributed by atoms with Gasteiger partial charge < -0.3 is 15.4 Å². The monoisotopic (exact) mass is 258 g/mol. The van der Waals surface area contributed by atoms with Crippen molar-refractivity contribution in [3.63, 3.8) is 0 Å². The average Bonchev–Trinajstić information content (AvgIpc) is 2.79. The molecule has 2 rings (SSSR count). The van der Waals surface area contributed by atoms with Crippen LogP contribution in [0.2, 0.25) is 0 Å². The van der Waals surface area contributed by atoms with Gasteiger partial charge in [-0.1, -0.05) is 6.92 Å². The zero-order valence-electron chi connectivity index (χ0n) is 10.4. The standard InChI is InChI=1S/C12H22N2O2S/c1-2-13-11-7-16-6-10(11)12(15)14-9-4-3-5-17-8-9/h9-11,13H,2-8H2,1H3,(H,14,15). The van der Waals surface area contributed by atoms with Gasteiger partial charge in [-0.25, -0.2) is 0 Å². The maximum absolute atomic E-state index is 12.2. The Balaban J connectivity index is 1.81. The van der Waals surface area contributed by atoms with Crippen molar-refractivity contribution in [1.82, 2.24) is 10.6 Å². The number of carbonyl (C=O) groups is 1. The van der Waals surface area contributed by atoms with Gasteiger partial charge in [0.25, 0.3) is 0 Å². The molecule has 98 valence electrons. The molecule has 2 N–H and O–H groups in total. The maximum Gasteiger partial charge on any atom is 0.227 e. The number of hydrogen-bond acceptors (Lipinski definition) is 4. The van der Waals surface area contributed by atoms with E-state index in [0.29, 0.717) is 19.3 Å². The van der Waals surface area contributed by atoms with Crippen molar-refractivity contribution in [2.75, 3.05) is 31.3 Å². The van der Waals surface area contributed by atoms with Crippen LogP contribution in [-0.4, -0.2) is 49.3 Å². The van der Waals surface area contributed by atoms with Crippen LogP contribution in [-0.2, 0) is 9.53 Å². The zero-order valence-corrected chi connectivity index (χ0v) is 11.2. The molecule has 2 aliphatic rings. The summed E-state index contributed by atoms with van der Waals surface area (Å²) in [4.78, 5) is 12.2. The van der Waals surface area contributed by atoms with Crippen LogP contribution < -0.4 is 10.6 Å². The Morgan fingerprint density at radius 3 is 3.06 bits per heavy atom. The third kappa shape index (κ3) is 3.60. The van der Waals surface area contributed by atoms with Crippen molar-refractivity contribution in [2.24, 2.45) is 5.92 Å². The van der Waals surface area contributed by atoms with Crippen LogP contribution in [0.4, 0.5) is 0 Å². The van der Waals surface area contributed by atoms with E-state index in [4.69, 9.17) is 4.74 Å².